The highest BCUT2D eigenvalue weighted by atomic mass is 32.1. The maximum atomic E-state index is 12.4. The third-order valence-corrected chi connectivity index (χ3v) is 4.90. The summed E-state index contributed by atoms with van der Waals surface area (Å²) < 4.78 is 5.61. The summed E-state index contributed by atoms with van der Waals surface area (Å²) >= 11 is 1.63. The van der Waals surface area contributed by atoms with Crippen molar-refractivity contribution in [1.29, 1.82) is 0 Å². The molecule has 3 nitrogen and oxygen atoms in total. The number of carbonyl (C=O) groups is 1. The third kappa shape index (κ3) is 4.70. The fourth-order valence-electron chi connectivity index (χ4n) is 2.59. The van der Waals surface area contributed by atoms with Crippen LogP contribution in [0.25, 0.3) is 0 Å². The molecule has 0 saturated carbocycles. The van der Waals surface area contributed by atoms with Crippen LogP contribution in [0.2, 0.25) is 0 Å². The van der Waals surface area contributed by atoms with Crippen molar-refractivity contribution >= 4 is 17.2 Å². The lowest BCUT2D eigenvalue weighted by molar-refractivity contribution is -0.123. The van der Waals surface area contributed by atoms with Crippen LogP contribution < -0.4 is 10.1 Å². The zero-order chi connectivity index (χ0) is 17.5. The van der Waals surface area contributed by atoms with E-state index in [1.165, 1.54) is 5.56 Å². The van der Waals surface area contributed by atoms with Crippen molar-refractivity contribution in [2.75, 3.05) is 6.61 Å². The quantitative estimate of drug-likeness (QED) is 0.676. The van der Waals surface area contributed by atoms with Gasteiger partial charge in [-0.3, -0.25) is 4.79 Å². The molecule has 2 aromatic carbocycles. The van der Waals surface area contributed by atoms with Gasteiger partial charge in [-0.1, -0.05) is 55.5 Å². The Morgan fingerprint density at radius 3 is 2.44 bits per heavy atom. The molecule has 128 valence electrons. The van der Waals surface area contributed by atoms with Gasteiger partial charge in [-0.05, 0) is 41.1 Å². The highest BCUT2D eigenvalue weighted by Gasteiger charge is 2.17. The highest BCUT2D eigenvalue weighted by Crippen LogP contribution is 2.25. The molecule has 0 aliphatic rings. The monoisotopic (exact) mass is 351 g/mol. The van der Waals surface area contributed by atoms with Crippen LogP contribution in [0.3, 0.4) is 0 Å². The molecule has 0 radical (unpaired) electrons. The van der Waals surface area contributed by atoms with Gasteiger partial charge < -0.3 is 10.1 Å². The first kappa shape index (κ1) is 17.2. The predicted molar refractivity (Wildman–Crippen MR) is 102 cm³/mol. The number of aryl methyl sites for hydroxylation is 1. The smallest absolute Gasteiger partial charge is 0.258 e. The molecule has 25 heavy (non-hydrogen) atoms. The predicted octanol–water partition coefficient (Wildman–Crippen LogP) is 4.60. The van der Waals surface area contributed by atoms with E-state index in [0.29, 0.717) is 5.75 Å². The van der Waals surface area contributed by atoms with Gasteiger partial charge in [0.25, 0.3) is 5.91 Å². The molecule has 0 bridgehead atoms. The summed E-state index contributed by atoms with van der Waals surface area (Å²) in [6, 6.07) is 21.7. The number of amides is 1. The average Bonchev–Trinajstić information content (AvgIpc) is 3.20. The van der Waals surface area contributed by atoms with Crippen LogP contribution in [0.4, 0.5) is 0 Å². The summed E-state index contributed by atoms with van der Waals surface area (Å²) in [7, 11) is 0. The molecule has 0 aliphatic carbocycles. The zero-order valence-electron chi connectivity index (χ0n) is 14.1. The fourth-order valence-corrected chi connectivity index (χ4v) is 3.40. The lowest BCUT2D eigenvalue weighted by Crippen LogP contribution is -2.32. The molecular formula is C21H21NO2S. The molecule has 1 atom stereocenters. The van der Waals surface area contributed by atoms with Crippen LogP contribution in [0.5, 0.6) is 5.75 Å². The van der Waals surface area contributed by atoms with Gasteiger partial charge in [0, 0.05) is 4.88 Å². The van der Waals surface area contributed by atoms with E-state index in [4.69, 9.17) is 4.74 Å². The molecule has 1 amide bonds. The van der Waals surface area contributed by atoms with Crippen molar-refractivity contribution in [3.8, 4) is 5.75 Å². The molecule has 0 fully saturated rings. The minimum absolute atomic E-state index is 0.000179. The van der Waals surface area contributed by atoms with Crippen LogP contribution >= 0.6 is 11.3 Å². The van der Waals surface area contributed by atoms with Gasteiger partial charge in [-0.2, -0.15) is 0 Å². The standard InChI is InChI=1S/C21H21NO2S/c1-2-16-10-12-18(13-11-16)24-15-20(23)22-21(19-9-6-14-25-19)17-7-4-3-5-8-17/h3-14,21H,2,15H2,1H3,(H,22,23)/t21-/m1/s1. The van der Waals surface area contributed by atoms with Gasteiger partial charge in [0.15, 0.2) is 6.61 Å². The number of carbonyl (C=O) groups excluding carboxylic acids is 1. The van der Waals surface area contributed by atoms with Gasteiger partial charge >= 0.3 is 0 Å². The number of rotatable bonds is 7. The van der Waals surface area contributed by atoms with E-state index in [1.807, 2.05) is 72.1 Å². The fraction of sp³-hybridized carbons (Fsp3) is 0.190. The number of ether oxygens (including phenoxy) is 1. The molecule has 0 saturated heterocycles. The summed E-state index contributed by atoms with van der Waals surface area (Å²) in [5.74, 6) is 0.571. The first-order chi connectivity index (χ1) is 12.3. The number of nitrogens with one attached hydrogen (secondary N) is 1. The van der Waals surface area contributed by atoms with Gasteiger partial charge in [0.05, 0.1) is 6.04 Å². The maximum absolute atomic E-state index is 12.4. The molecule has 3 rings (SSSR count). The van der Waals surface area contributed by atoms with Gasteiger partial charge in [0.2, 0.25) is 0 Å². The van der Waals surface area contributed by atoms with E-state index < -0.39 is 0 Å². The second-order valence-electron chi connectivity index (χ2n) is 5.71. The number of thiophene rings is 1. The topological polar surface area (TPSA) is 38.3 Å². The number of benzene rings is 2. The minimum Gasteiger partial charge on any atom is -0.484 e. The molecule has 4 heteroatoms. The molecule has 0 spiro atoms. The Morgan fingerprint density at radius 2 is 1.80 bits per heavy atom. The van der Waals surface area contributed by atoms with Crippen molar-refractivity contribution in [3.05, 3.63) is 88.1 Å². The summed E-state index contributed by atoms with van der Waals surface area (Å²) in [5, 5.41) is 5.09. The van der Waals surface area contributed by atoms with Crippen molar-refractivity contribution in [1.82, 2.24) is 5.32 Å². The van der Waals surface area contributed by atoms with Crippen LogP contribution in [0.1, 0.15) is 29.0 Å². The van der Waals surface area contributed by atoms with Gasteiger partial charge in [-0.15, -0.1) is 11.3 Å². The molecule has 3 aromatic rings. The molecule has 1 heterocycles. The second-order valence-corrected chi connectivity index (χ2v) is 6.69. The van der Waals surface area contributed by atoms with Crippen molar-refractivity contribution in [3.63, 3.8) is 0 Å². The van der Waals surface area contributed by atoms with Crippen molar-refractivity contribution in [2.24, 2.45) is 0 Å². The van der Waals surface area contributed by atoms with Crippen LogP contribution in [0.15, 0.2) is 72.1 Å². The zero-order valence-corrected chi connectivity index (χ0v) is 15.0. The first-order valence-corrected chi connectivity index (χ1v) is 9.23. The Labute approximate surface area is 152 Å². The summed E-state index contributed by atoms with van der Waals surface area (Å²) in [5.41, 5.74) is 2.31. The number of hydrogen-bond donors (Lipinski definition) is 1. The van der Waals surface area contributed by atoms with E-state index in [1.54, 1.807) is 11.3 Å². The van der Waals surface area contributed by atoms with E-state index in [2.05, 4.69) is 12.2 Å². The number of hydrogen-bond acceptors (Lipinski definition) is 3. The Bertz CT molecular complexity index is 783. The van der Waals surface area contributed by atoms with E-state index in [0.717, 1.165) is 16.9 Å². The van der Waals surface area contributed by atoms with Crippen LogP contribution in [-0.2, 0) is 11.2 Å². The van der Waals surface area contributed by atoms with Crippen LogP contribution in [-0.4, -0.2) is 12.5 Å². The molecule has 1 N–H and O–H groups in total. The minimum atomic E-state index is -0.153. The molecular weight excluding hydrogens is 330 g/mol. The Hall–Kier alpha value is -2.59. The Morgan fingerprint density at radius 1 is 1.04 bits per heavy atom. The van der Waals surface area contributed by atoms with Crippen molar-refractivity contribution in [2.45, 2.75) is 19.4 Å². The SMILES string of the molecule is CCc1ccc(OCC(=O)N[C@H](c2ccccc2)c2cccs2)cc1. The second kappa shape index (κ2) is 8.49. The maximum Gasteiger partial charge on any atom is 0.258 e. The molecule has 0 aliphatic heterocycles. The third-order valence-electron chi connectivity index (χ3n) is 3.97. The van der Waals surface area contributed by atoms with Crippen LogP contribution in [0, 0.1) is 0 Å². The normalized spacial score (nSPS) is 11.7. The lowest BCUT2D eigenvalue weighted by atomic mass is 10.1. The van der Waals surface area contributed by atoms with Gasteiger partial charge in [0.1, 0.15) is 5.75 Å². The summed E-state index contributed by atoms with van der Waals surface area (Å²) in [4.78, 5) is 13.5. The van der Waals surface area contributed by atoms with E-state index in [9.17, 15) is 4.79 Å². The lowest BCUT2D eigenvalue weighted by Gasteiger charge is -2.18. The average molecular weight is 351 g/mol. The first-order valence-electron chi connectivity index (χ1n) is 8.35. The van der Waals surface area contributed by atoms with Gasteiger partial charge in [-0.25, -0.2) is 0 Å². The molecule has 1 aromatic heterocycles. The molecule has 0 unspecified atom stereocenters. The highest BCUT2D eigenvalue weighted by molar-refractivity contribution is 7.10. The van der Waals surface area contributed by atoms with Crippen molar-refractivity contribution < 1.29 is 9.53 Å². The van der Waals surface area contributed by atoms with E-state index in [-0.39, 0.29) is 18.6 Å². The van der Waals surface area contributed by atoms with E-state index >= 15 is 0 Å². The summed E-state index contributed by atoms with van der Waals surface area (Å²) in [6.07, 6.45) is 0.986. The Kier molecular flexibility index (Phi) is 5.86. The largest absolute Gasteiger partial charge is 0.484 e. The Balaban J connectivity index is 1.64. The summed E-state index contributed by atoms with van der Waals surface area (Å²) in [6.45, 7) is 2.11.